The second-order valence-electron chi connectivity index (χ2n) is 4.77. The van der Waals surface area contributed by atoms with Gasteiger partial charge in [-0.3, -0.25) is 0 Å². The third-order valence-electron chi connectivity index (χ3n) is 3.14. The maximum absolute atomic E-state index is 11.8. The summed E-state index contributed by atoms with van der Waals surface area (Å²) in [6.07, 6.45) is 1.17. The van der Waals surface area contributed by atoms with Gasteiger partial charge < -0.3 is 5.32 Å². The molecule has 0 aliphatic rings. The van der Waals surface area contributed by atoms with E-state index < -0.39 is 9.84 Å². The van der Waals surface area contributed by atoms with Gasteiger partial charge in [0.05, 0.1) is 15.6 Å². The summed E-state index contributed by atoms with van der Waals surface area (Å²) in [7, 11) is -3.34. The summed E-state index contributed by atoms with van der Waals surface area (Å²) in [5.41, 5.74) is 2.30. The Hall–Kier alpha value is -1.23. The number of para-hydroxylation sites is 1. The van der Waals surface area contributed by atoms with Crippen molar-refractivity contribution < 1.29 is 8.42 Å². The molecule has 1 N–H and O–H groups in total. The van der Waals surface area contributed by atoms with Gasteiger partial charge in [-0.2, -0.15) is 0 Å². The van der Waals surface area contributed by atoms with Crippen LogP contribution in [-0.4, -0.2) is 14.7 Å². The Morgan fingerprint density at radius 3 is 2.29 bits per heavy atom. The van der Waals surface area contributed by atoms with E-state index >= 15 is 0 Å². The highest BCUT2D eigenvalue weighted by Gasteiger charge is 2.16. The normalized spacial score (nSPS) is 11.4. The number of rotatable bonds is 4. The molecule has 0 aliphatic heterocycles. The lowest BCUT2D eigenvalue weighted by Crippen LogP contribution is -2.08. The number of nitrogens with one attached hydrogen (secondary N) is 1. The molecule has 0 saturated carbocycles. The Kier molecular flexibility index (Phi) is 4.81. The summed E-state index contributed by atoms with van der Waals surface area (Å²) in [6.45, 7) is 2.21. The van der Waals surface area contributed by atoms with E-state index in [9.17, 15) is 8.42 Å². The molecular formula is C15H15Cl2NO2S. The molecule has 0 heterocycles. The van der Waals surface area contributed by atoms with Crippen LogP contribution in [0.1, 0.15) is 11.1 Å². The smallest absolute Gasteiger partial charge is 0.175 e. The highest BCUT2D eigenvalue weighted by Crippen LogP contribution is 2.29. The minimum Gasteiger partial charge on any atom is -0.379 e. The number of hydrogen-bond acceptors (Lipinski definition) is 3. The van der Waals surface area contributed by atoms with Crippen LogP contribution in [0.5, 0.6) is 0 Å². The van der Waals surface area contributed by atoms with Crippen molar-refractivity contribution in [1.29, 1.82) is 0 Å². The fourth-order valence-electron chi connectivity index (χ4n) is 2.09. The average molecular weight is 344 g/mol. The van der Waals surface area contributed by atoms with Gasteiger partial charge in [0.1, 0.15) is 0 Å². The van der Waals surface area contributed by atoms with Crippen molar-refractivity contribution in [2.75, 3.05) is 11.6 Å². The van der Waals surface area contributed by atoms with Crippen LogP contribution in [0.3, 0.4) is 0 Å². The molecule has 2 aromatic rings. The number of anilines is 1. The number of aryl methyl sites for hydroxylation is 1. The van der Waals surface area contributed by atoms with Crippen LogP contribution in [0.25, 0.3) is 0 Å². The van der Waals surface area contributed by atoms with E-state index in [-0.39, 0.29) is 11.4 Å². The van der Waals surface area contributed by atoms with E-state index in [2.05, 4.69) is 5.32 Å². The lowest BCUT2D eigenvalue weighted by Gasteiger charge is -2.14. The summed E-state index contributed by atoms with van der Waals surface area (Å²) in [4.78, 5) is 0.229. The zero-order valence-electron chi connectivity index (χ0n) is 11.7. The highest BCUT2D eigenvalue weighted by molar-refractivity contribution is 7.90. The monoisotopic (exact) mass is 343 g/mol. The van der Waals surface area contributed by atoms with Crippen molar-refractivity contribution in [2.45, 2.75) is 18.4 Å². The van der Waals surface area contributed by atoms with Gasteiger partial charge in [-0.05, 0) is 30.7 Å². The van der Waals surface area contributed by atoms with Crippen molar-refractivity contribution in [3.63, 3.8) is 0 Å². The predicted octanol–water partition coefficient (Wildman–Crippen LogP) is 4.32. The topological polar surface area (TPSA) is 46.2 Å². The average Bonchev–Trinajstić information content (AvgIpc) is 2.38. The lowest BCUT2D eigenvalue weighted by molar-refractivity contribution is 0.601. The molecular weight excluding hydrogens is 329 g/mol. The van der Waals surface area contributed by atoms with Gasteiger partial charge in [0.2, 0.25) is 0 Å². The molecule has 3 nitrogen and oxygen atoms in total. The summed E-state index contributed by atoms with van der Waals surface area (Å²) >= 11 is 12.3. The van der Waals surface area contributed by atoms with Crippen molar-refractivity contribution in [3.8, 4) is 0 Å². The molecule has 0 saturated heterocycles. The van der Waals surface area contributed by atoms with E-state index in [1.807, 2.05) is 19.1 Å². The van der Waals surface area contributed by atoms with Crippen molar-refractivity contribution in [3.05, 3.63) is 57.6 Å². The fraction of sp³-hybridized carbons (Fsp3) is 0.200. The predicted molar refractivity (Wildman–Crippen MR) is 88.1 cm³/mol. The van der Waals surface area contributed by atoms with Crippen molar-refractivity contribution in [2.24, 2.45) is 0 Å². The number of halogens is 2. The number of benzene rings is 2. The first kappa shape index (κ1) is 16.1. The Morgan fingerprint density at radius 2 is 1.67 bits per heavy atom. The molecule has 0 spiro atoms. The van der Waals surface area contributed by atoms with Crippen molar-refractivity contribution >= 4 is 38.7 Å². The van der Waals surface area contributed by atoms with E-state index in [1.54, 1.807) is 24.3 Å². The highest BCUT2D eigenvalue weighted by atomic mass is 35.5. The van der Waals surface area contributed by atoms with Crippen molar-refractivity contribution in [1.82, 2.24) is 0 Å². The number of hydrogen-bond donors (Lipinski definition) is 1. The molecule has 0 bridgehead atoms. The molecule has 6 heteroatoms. The SMILES string of the molecule is Cc1cccc(Cl)c1NCc1c(Cl)cccc1S(C)(=O)=O. The van der Waals surface area contributed by atoms with Gasteiger partial charge in [0, 0.05) is 23.4 Å². The third kappa shape index (κ3) is 3.70. The minimum atomic E-state index is -3.34. The molecule has 0 amide bonds. The van der Waals surface area contributed by atoms with Gasteiger partial charge in [-0.1, -0.05) is 41.4 Å². The Morgan fingerprint density at radius 1 is 1.05 bits per heavy atom. The van der Waals surface area contributed by atoms with Crippen LogP contribution < -0.4 is 5.32 Å². The second kappa shape index (κ2) is 6.26. The Bertz CT molecular complexity index is 753. The van der Waals surface area contributed by atoms with Crippen LogP contribution in [0.4, 0.5) is 5.69 Å². The maximum atomic E-state index is 11.8. The van der Waals surface area contributed by atoms with Gasteiger partial charge in [-0.15, -0.1) is 0 Å². The van der Waals surface area contributed by atoms with E-state index in [4.69, 9.17) is 23.2 Å². The van der Waals surface area contributed by atoms with Crippen LogP contribution in [0.2, 0.25) is 10.0 Å². The molecule has 2 rings (SSSR count). The molecule has 0 radical (unpaired) electrons. The Balaban J connectivity index is 2.37. The fourth-order valence-corrected chi connectivity index (χ4v) is 3.63. The minimum absolute atomic E-state index is 0.229. The summed E-state index contributed by atoms with van der Waals surface area (Å²) in [5.74, 6) is 0. The van der Waals surface area contributed by atoms with Gasteiger partial charge in [0.15, 0.2) is 9.84 Å². The first-order valence-corrected chi connectivity index (χ1v) is 8.92. The standard InChI is InChI=1S/C15H15Cl2NO2S/c1-10-5-3-7-13(17)15(10)18-9-11-12(16)6-4-8-14(11)21(2,19)20/h3-8,18H,9H2,1-2H3. The molecule has 0 atom stereocenters. The van der Waals surface area contributed by atoms with Crippen LogP contribution in [-0.2, 0) is 16.4 Å². The summed E-state index contributed by atoms with van der Waals surface area (Å²) in [6, 6.07) is 10.4. The molecule has 0 aromatic heterocycles. The molecule has 2 aromatic carbocycles. The van der Waals surface area contributed by atoms with Crippen LogP contribution in [0.15, 0.2) is 41.3 Å². The summed E-state index contributed by atoms with van der Waals surface area (Å²) < 4.78 is 23.7. The van der Waals surface area contributed by atoms with Crippen LogP contribution in [0, 0.1) is 6.92 Å². The molecule has 112 valence electrons. The van der Waals surface area contributed by atoms with Crippen LogP contribution >= 0.6 is 23.2 Å². The molecule has 21 heavy (non-hydrogen) atoms. The van der Waals surface area contributed by atoms with E-state index in [1.165, 1.54) is 6.26 Å². The molecule has 0 unspecified atom stereocenters. The first-order valence-electron chi connectivity index (χ1n) is 6.27. The lowest BCUT2D eigenvalue weighted by atomic mass is 10.1. The zero-order valence-corrected chi connectivity index (χ0v) is 14.0. The van der Waals surface area contributed by atoms with Gasteiger partial charge in [0.25, 0.3) is 0 Å². The third-order valence-corrected chi connectivity index (χ3v) is 4.99. The second-order valence-corrected chi connectivity index (χ2v) is 7.57. The van der Waals surface area contributed by atoms with E-state index in [0.29, 0.717) is 15.6 Å². The van der Waals surface area contributed by atoms with E-state index in [0.717, 1.165) is 11.3 Å². The molecule has 0 aliphatic carbocycles. The molecule has 0 fully saturated rings. The first-order chi connectivity index (χ1) is 9.80. The Labute approximate surface area is 134 Å². The number of sulfone groups is 1. The largest absolute Gasteiger partial charge is 0.379 e. The van der Waals surface area contributed by atoms with Gasteiger partial charge >= 0.3 is 0 Å². The van der Waals surface area contributed by atoms with Gasteiger partial charge in [-0.25, -0.2) is 8.42 Å². The zero-order chi connectivity index (χ0) is 15.6. The quantitative estimate of drug-likeness (QED) is 0.899. The summed E-state index contributed by atoms with van der Waals surface area (Å²) in [5, 5.41) is 4.17. The maximum Gasteiger partial charge on any atom is 0.175 e.